The molecule has 3 rings (SSSR count). The van der Waals surface area contributed by atoms with Crippen molar-refractivity contribution >= 4 is 5.91 Å². The third kappa shape index (κ3) is 2.86. The Hall–Kier alpha value is -1.40. The normalized spacial score (nSPS) is 25.2. The predicted molar refractivity (Wildman–Crippen MR) is 76.1 cm³/mol. The first-order chi connectivity index (χ1) is 9.74. The lowest BCUT2D eigenvalue weighted by molar-refractivity contribution is -0.137. The summed E-state index contributed by atoms with van der Waals surface area (Å²) >= 11 is 0. The average Bonchev–Trinajstić information content (AvgIpc) is 3.10. The Kier molecular flexibility index (Phi) is 4.03. The van der Waals surface area contributed by atoms with E-state index in [0.29, 0.717) is 5.91 Å². The first kappa shape index (κ1) is 13.6. The van der Waals surface area contributed by atoms with E-state index in [1.807, 2.05) is 11.0 Å². The van der Waals surface area contributed by atoms with Crippen LogP contribution in [0.4, 0.5) is 0 Å². The molecule has 2 fully saturated rings. The van der Waals surface area contributed by atoms with E-state index in [4.69, 9.17) is 0 Å². The Balaban J connectivity index is 1.49. The zero-order chi connectivity index (χ0) is 13.9. The predicted octanol–water partition coefficient (Wildman–Crippen LogP) is 0.148. The van der Waals surface area contributed by atoms with Crippen molar-refractivity contribution in [1.29, 1.82) is 0 Å². The maximum Gasteiger partial charge on any atom is 0.240 e. The van der Waals surface area contributed by atoms with Gasteiger partial charge in [-0.05, 0) is 32.5 Å². The molecule has 0 aliphatic carbocycles. The number of aromatic nitrogens is 2. The van der Waals surface area contributed by atoms with Gasteiger partial charge in [0.2, 0.25) is 5.91 Å². The van der Waals surface area contributed by atoms with E-state index in [2.05, 4.69) is 27.0 Å². The molecule has 2 saturated heterocycles. The summed E-state index contributed by atoms with van der Waals surface area (Å²) in [7, 11) is 2.06. The van der Waals surface area contributed by atoms with Gasteiger partial charge in [0, 0.05) is 44.6 Å². The van der Waals surface area contributed by atoms with Crippen LogP contribution in [0, 0.1) is 0 Å². The standard InChI is InChI=1S/C14H23N5O/c1-17-6-2-3-13(17)14(20)19-9-7-18(8-10-19)11-12-4-5-15-16-12/h4-5,13H,2-3,6-11H2,1H3,(H,15,16). The molecule has 1 aromatic heterocycles. The van der Waals surface area contributed by atoms with Gasteiger partial charge in [-0.3, -0.25) is 19.7 Å². The lowest BCUT2D eigenvalue weighted by Crippen LogP contribution is -2.52. The first-order valence-electron chi connectivity index (χ1n) is 7.43. The van der Waals surface area contributed by atoms with Crippen molar-refractivity contribution in [2.24, 2.45) is 0 Å². The Bertz CT molecular complexity index is 438. The number of nitrogens with zero attached hydrogens (tertiary/aromatic N) is 4. The van der Waals surface area contributed by atoms with Crippen LogP contribution in [0.15, 0.2) is 12.3 Å². The van der Waals surface area contributed by atoms with Gasteiger partial charge >= 0.3 is 0 Å². The van der Waals surface area contributed by atoms with E-state index in [9.17, 15) is 4.79 Å². The number of carbonyl (C=O) groups is 1. The molecule has 1 unspecified atom stereocenters. The highest BCUT2D eigenvalue weighted by Gasteiger charge is 2.32. The molecule has 6 heteroatoms. The third-order valence-electron chi connectivity index (χ3n) is 4.44. The molecule has 0 aromatic carbocycles. The van der Waals surface area contributed by atoms with Crippen LogP contribution in [0.2, 0.25) is 0 Å². The highest BCUT2D eigenvalue weighted by atomic mass is 16.2. The number of likely N-dealkylation sites (tertiary alicyclic amines) is 1. The fraction of sp³-hybridized carbons (Fsp3) is 0.714. The lowest BCUT2D eigenvalue weighted by Gasteiger charge is -2.36. The summed E-state index contributed by atoms with van der Waals surface area (Å²) in [6.07, 6.45) is 3.95. The van der Waals surface area contributed by atoms with Crippen LogP contribution in [-0.4, -0.2) is 76.6 Å². The topological polar surface area (TPSA) is 55.5 Å². The fourth-order valence-electron chi connectivity index (χ4n) is 3.17. The number of likely N-dealkylation sites (N-methyl/N-ethyl adjacent to an activating group) is 1. The Morgan fingerprint density at radius 2 is 2.15 bits per heavy atom. The van der Waals surface area contributed by atoms with E-state index >= 15 is 0 Å². The van der Waals surface area contributed by atoms with Gasteiger partial charge in [-0.25, -0.2) is 0 Å². The van der Waals surface area contributed by atoms with Gasteiger partial charge < -0.3 is 4.90 Å². The van der Waals surface area contributed by atoms with E-state index in [1.165, 1.54) is 0 Å². The van der Waals surface area contributed by atoms with Crippen molar-refractivity contribution in [3.63, 3.8) is 0 Å². The monoisotopic (exact) mass is 277 g/mol. The molecule has 1 N–H and O–H groups in total. The molecule has 1 amide bonds. The number of carbonyl (C=O) groups excluding carboxylic acids is 1. The van der Waals surface area contributed by atoms with Crippen molar-refractivity contribution in [3.05, 3.63) is 18.0 Å². The van der Waals surface area contributed by atoms with E-state index in [0.717, 1.165) is 57.8 Å². The van der Waals surface area contributed by atoms with E-state index in [-0.39, 0.29) is 6.04 Å². The zero-order valence-corrected chi connectivity index (χ0v) is 12.1. The average molecular weight is 277 g/mol. The molecule has 0 bridgehead atoms. The number of amides is 1. The largest absolute Gasteiger partial charge is 0.339 e. The van der Waals surface area contributed by atoms with Crippen LogP contribution < -0.4 is 0 Å². The Morgan fingerprint density at radius 1 is 1.35 bits per heavy atom. The van der Waals surface area contributed by atoms with Gasteiger partial charge in [-0.2, -0.15) is 5.10 Å². The molecule has 3 heterocycles. The quantitative estimate of drug-likeness (QED) is 0.854. The summed E-state index contributed by atoms with van der Waals surface area (Å²) in [5.74, 6) is 0.325. The van der Waals surface area contributed by atoms with Crippen molar-refractivity contribution < 1.29 is 4.79 Å². The second kappa shape index (κ2) is 5.93. The summed E-state index contributed by atoms with van der Waals surface area (Å²) in [5.41, 5.74) is 1.14. The minimum Gasteiger partial charge on any atom is -0.339 e. The van der Waals surface area contributed by atoms with E-state index in [1.54, 1.807) is 6.20 Å². The maximum atomic E-state index is 12.5. The smallest absolute Gasteiger partial charge is 0.240 e. The first-order valence-corrected chi connectivity index (χ1v) is 7.43. The lowest BCUT2D eigenvalue weighted by atomic mass is 10.1. The minimum atomic E-state index is 0.120. The number of rotatable bonds is 3. The number of aromatic amines is 1. The van der Waals surface area contributed by atoms with E-state index < -0.39 is 0 Å². The molecule has 0 spiro atoms. The highest BCUT2D eigenvalue weighted by Crippen LogP contribution is 2.18. The van der Waals surface area contributed by atoms with Gasteiger partial charge in [-0.15, -0.1) is 0 Å². The Morgan fingerprint density at radius 3 is 2.75 bits per heavy atom. The number of hydrogen-bond acceptors (Lipinski definition) is 4. The number of H-pyrrole nitrogens is 1. The summed E-state index contributed by atoms with van der Waals surface area (Å²) in [6.45, 7) is 5.53. The summed E-state index contributed by atoms with van der Waals surface area (Å²) in [6, 6.07) is 2.12. The maximum absolute atomic E-state index is 12.5. The second-order valence-corrected chi connectivity index (χ2v) is 5.82. The zero-order valence-electron chi connectivity index (χ0n) is 12.1. The number of hydrogen-bond donors (Lipinski definition) is 1. The van der Waals surface area contributed by atoms with Crippen LogP contribution in [0.1, 0.15) is 18.5 Å². The van der Waals surface area contributed by atoms with Crippen LogP contribution in [0.25, 0.3) is 0 Å². The van der Waals surface area contributed by atoms with Crippen molar-refractivity contribution in [2.75, 3.05) is 39.8 Å². The molecule has 20 heavy (non-hydrogen) atoms. The van der Waals surface area contributed by atoms with Gasteiger partial charge in [-0.1, -0.05) is 0 Å². The molecule has 0 saturated carbocycles. The molecule has 110 valence electrons. The molecule has 1 atom stereocenters. The second-order valence-electron chi connectivity index (χ2n) is 5.82. The molecular weight excluding hydrogens is 254 g/mol. The van der Waals surface area contributed by atoms with Crippen LogP contribution in [0.5, 0.6) is 0 Å². The molecular formula is C14H23N5O. The van der Waals surface area contributed by atoms with Crippen molar-refractivity contribution in [1.82, 2.24) is 24.9 Å². The van der Waals surface area contributed by atoms with Gasteiger partial charge in [0.25, 0.3) is 0 Å². The molecule has 1 aromatic rings. The molecule has 2 aliphatic heterocycles. The molecule has 0 radical (unpaired) electrons. The summed E-state index contributed by atoms with van der Waals surface area (Å²) in [5, 5.41) is 6.96. The van der Waals surface area contributed by atoms with Crippen molar-refractivity contribution in [3.8, 4) is 0 Å². The molecule has 2 aliphatic rings. The van der Waals surface area contributed by atoms with Crippen LogP contribution in [0.3, 0.4) is 0 Å². The Labute approximate surface area is 119 Å². The van der Waals surface area contributed by atoms with Gasteiger partial charge in [0.15, 0.2) is 0 Å². The number of nitrogens with one attached hydrogen (secondary N) is 1. The summed E-state index contributed by atoms with van der Waals surface area (Å²) in [4.78, 5) is 19.1. The highest BCUT2D eigenvalue weighted by molar-refractivity contribution is 5.82. The SMILES string of the molecule is CN1CCCC1C(=O)N1CCN(Cc2ccn[nH]2)CC1. The summed E-state index contributed by atoms with van der Waals surface area (Å²) < 4.78 is 0. The molecule has 6 nitrogen and oxygen atoms in total. The van der Waals surface area contributed by atoms with Crippen LogP contribution in [-0.2, 0) is 11.3 Å². The van der Waals surface area contributed by atoms with Gasteiger partial charge in [0.05, 0.1) is 6.04 Å². The van der Waals surface area contributed by atoms with Crippen LogP contribution >= 0.6 is 0 Å². The fourth-order valence-corrected chi connectivity index (χ4v) is 3.17. The third-order valence-corrected chi connectivity index (χ3v) is 4.44. The van der Waals surface area contributed by atoms with Crippen molar-refractivity contribution in [2.45, 2.75) is 25.4 Å². The minimum absolute atomic E-state index is 0.120. The van der Waals surface area contributed by atoms with Gasteiger partial charge in [0.1, 0.15) is 0 Å². The number of piperazine rings is 1.